The molecule has 0 saturated carbocycles. The molecule has 0 aliphatic carbocycles. The summed E-state index contributed by atoms with van der Waals surface area (Å²) in [5.41, 5.74) is 9.71. The third-order valence-corrected chi connectivity index (χ3v) is 4.95. The Balaban J connectivity index is 1.64. The minimum Gasteiger partial charge on any atom is -0.355 e. The minimum absolute atomic E-state index is 1.14. The molecule has 0 amide bonds. The lowest BCUT2D eigenvalue weighted by Gasteiger charge is -2.15. The van der Waals surface area contributed by atoms with Crippen molar-refractivity contribution in [2.45, 2.75) is 13.8 Å². The van der Waals surface area contributed by atoms with Crippen molar-refractivity contribution in [3.05, 3.63) is 108 Å². The van der Waals surface area contributed by atoms with Crippen LogP contribution in [0, 0.1) is 13.8 Å². The van der Waals surface area contributed by atoms with Gasteiger partial charge in [-0.25, -0.2) is 0 Å². The Morgan fingerprint density at radius 2 is 1.00 bits per heavy atom. The van der Waals surface area contributed by atoms with Crippen LogP contribution in [0.3, 0.4) is 0 Å². The van der Waals surface area contributed by atoms with Crippen LogP contribution in [-0.2, 0) is 0 Å². The molecule has 1 nitrogen and oxygen atoms in total. The molecule has 0 radical (unpaired) electrons. The van der Waals surface area contributed by atoms with Gasteiger partial charge in [0.05, 0.1) is 0 Å². The Bertz CT molecular complexity index is 1050. The Hall–Kier alpha value is -3.32. The lowest BCUT2D eigenvalue weighted by Crippen LogP contribution is -1.96. The second kappa shape index (κ2) is 7.51. The molecule has 0 bridgehead atoms. The second-order valence-electron chi connectivity index (χ2n) is 6.92. The molecule has 4 rings (SSSR count). The smallest absolute Gasteiger partial charge is 0.0420 e. The highest BCUT2D eigenvalue weighted by Gasteiger charge is 2.06. The molecular formula is C26H23N. The molecule has 0 aromatic heterocycles. The van der Waals surface area contributed by atoms with Gasteiger partial charge in [-0.15, -0.1) is 0 Å². The van der Waals surface area contributed by atoms with E-state index in [0.717, 1.165) is 11.4 Å². The number of nitrogens with one attached hydrogen (secondary N) is 1. The topological polar surface area (TPSA) is 12.0 Å². The molecule has 0 saturated heterocycles. The van der Waals surface area contributed by atoms with Crippen LogP contribution >= 0.6 is 0 Å². The molecule has 4 aromatic rings. The maximum absolute atomic E-state index is 3.63. The predicted octanol–water partition coefficient (Wildman–Crippen LogP) is 7.38. The summed E-state index contributed by atoms with van der Waals surface area (Å²) < 4.78 is 0. The number of hydrogen-bond acceptors (Lipinski definition) is 1. The van der Waals surface area contributed by atoms with Crippen LogP contribution in [0.25, 0.3) is 22.3 Å². The lowest BCUT2D eigenvalue weighted by molar-refractivity contribution is 1.39. The Labute approximate surface area is 161 Å². The maximum Gasteiger partial charge on any atom is 0.0420 e. The van der Waals surface area contributed by atoms with Crippen molar-refractivity contribution in [1.29, 1.82) is 0 Å². The van der Waals surface area contributed by atoms with Crippen molar-refractivity contribution in [2.24, 2.45) is 0 Å². The fourth-order valence-corrected chi connectivity index (χ4v) is 3.33. The number of rotatable bonds is 4. The fraction of sp³-hybridized carbons (Fsp3) is 0.0769. The van der Waals surface area contributed by atoms with Crippen molar-refractivity contribution in [2.75, 3.05) is 5.32 Å². The van der Waals surface area contributed by atoms with E-state index in [1.807, 2.05) is 0 Å². The van der Waals surface area contributed by atoms with Crippen LogP contribution in [0.4, 0.5) is 11.4 Å². The Morgan fingerprint density at radius 3 is 1.59 bits per heavy atom. The summed E-state index contributed by atoms with van der Waals surface area (Å²) in [6.45, 7) is 4.30. The van der Waals surface area contributed by atoms with E-state index in [1.54, 1.807) is 0 Å². The van der Waals surface area contributed by atoms with Gasteiger partial charge in [-0.2, -0.15) is 0 Å². The molecule has 0 unspecified atom stereocenters. The van der Waals surface area contributed by atoms with Crippen molar-refractivity contribution < 1.29 is 0 Å². The molecular weight excluding hydrogens is 326 g/mol. The second-order valence-corrected chi connectivity index (χ2v) is 6.92. The summed E-state index contributed by atoms with van der Waals surface area (Å²) in [5, 5.41) is 3.63. The van der Waals surface area contributed by atoms with Gasteiger partial charge in [-0.1, -0.05) is 78.9 Å². The minimum atomic E-state index is 1.14. The lowest BCUT2D eigenvalue weighted by atomic mass is 10.0. The first kappa shape index (κ1) is 17.1. The van der Waals surface area contributed by atoms with Gasteiger partial charge in [0.1, 0.15) is 0 Å². The largest absolute Gasteiger partial charge is 0.355 e. The van der Waals surface area contributed by atoms with Gasteiger partial charge in [0.25, 0.3) is 0 Å². The molecule has 1 N–H and O–H groups in total. The molecule has 27 heavy (non-hydrogen) atoms. The third kappa shape index (κ3) is 3.78. The molecule has 1 heteroatoms. The molecule has 0 aliphatic rings. The first-order valence-electron chi connectivity index (χ1n) is 9.30. The summed E-state index contributed by atoms with van der Waals surface area (Å²) in [7, 11) is 0. The number of anilines is 2. The Kier molecular flexibility index (Phi) is 4.76. The molecule has 0 atom stereocenters. The highest BCUT2D eigenvalue weighted by Crippen LogP contribution is 2.30. The average molecular weight is 349 g/mol. The highest BCUT2D eigenvalue weighted by atomic mass is 14.9. The predicted molar refractivity (Wildman–Crippen MR) is 117 cm³/mol. The fourth-order valence-electron chi connectivity index (χ4n) is 3.33. The number of benzene rings is 4. The van der Waals surface area contributed by atoms with E-state index in [0.29, 0.717) is 0 Å². The van der Waals surface area contributed by atoms with Gasteiger partial charge < -0.3 is 5.32 Å². The molecule has 0 aliphatic heterocycles. The van der Waals surface area contributed by atoms with Gasteiger partial charge >= 0.3 is 0 Å². The van der Waals surface area contributed by atoms with Crippen LogP contribution in [0.1, 0.15) is 11.1 Å². The van der Waals surface area contributed by atoms with Crippen LogP contribution in [-0.4, -0.2) is 0 Å². The van der Waals surface area contributed by atoms with Gasteiger partial charge in [0.15, 0.2) is 0 Å². The van der Waals surface area contributed by atoms with E-state index in [1.165, 1.54) is 33.4 Å². The van der Waals surface area contributed by atoms with Crippen LogP contribution < -0.4 is 5.32 Å². The molecule has 0 heterocycles. The van der Waals surface area contributed by atoms with Gasteiger partial charge in [0, 0.05) is 11.4 Å². The van der Waals surface area contributed by atoms with E-state index in [4.69, 9.17) is 0 Å². The molecule has 0 spiro atoms. The van der Waals surface area contributed by atoms with Crippen LogP contribution in [0.2, 0.25) is 0 Å². The SMILES string of the molecule is Cc1cc(-c2ccccc2)ccc1Nc1cc(-c2ccccc2)ccc1C. The summed E-state index contributed by atoms with van der Waals surface area (Å²) in [5.74, 6) is 0. The van der Waals surface area contributed by atoms with E-state index in [2.05, 4.69) is 116 Å². The van der Waals surface area contributed by atoms with Gasteiger partial charge in [-0.05, 0) is 65.4 Å². The van der Waals surface area contributed by atoms with Crippen molar-refractivity contribution >= 4 is 11.4 Å². The van der Waals surface area contributed by atoms with E-state index < -0.39 is 0 Å². The summed E-state index contributed by atoms with van der Waals surface area (Å²) in [6, 6.07) is 34.2. The quantitative estimate of drug-likeness (QED) is 0.405. The number of aryl methyl sites for hydroxylation is 2. The summed E-state index contributed by atoms with van der Waals surface area (Å²) in [4.78, 5) is 0. The van der Waals surface area contributed by atoms with Gasteiger partial charge in [0.2, 0.25) is 0 Å². The summed E-state index contributed by atoms with van der Waals surface area (Å²) >= 11 is 0. The van der Waals surface area contributed by atoms with Crippen LogP contribution in [0.5, 0.6) is 0 Å². The monoisotopic (exact) mass is 349 g/mol. The van der Waals surface area contributed by atoms with Gasteiger partial charge in [-0.3, -0.25) is 0 Å². The molecule has 132 valence electrons. The third-order valence-electron chi connectivity index (χ3n) is 4.95. The zero-order valence-electron chi connectivity index (χ0n) is 15.7. The first-order chi connectivity index (χ1) is 13.2. The summed E-state index contributed by atoms with van der Waals surface area (Å²) in [6.07, 6.45) is 0. The van der Waals surface area contributed by atoms with Crippen molar-refractivity contribution in [1.82, 2.24) is 0 Å². The first-order valence-corrected chi connectivity index (χ1v) is 9.30. The standard InChI is InChI=1S/C26H23N/c1-19-13-14-24(22-11-7-4-8-12-22)18-26(19)27-25-16-15-23(17-20(25)2)21-9-5-3-6-10-21/h3-18,27H,1-2H3. The molecule has 0 fully saturated rings. The van der Waals surface area contributed by atoms with Crippen LogP contribution in [0.15, 0.2) is 97.1 Å². The molecule has 4 aromatic carbocycles. The Morgan fingerprint density at radius 1 is 0.444 bits per heavy atom. The zero-order chi connectivity index (χ0) is 18.6. The normalized spacial score (nSPS) is 10.6. The highest BCUT2D eigenvalue weighted by molar-refractivity contribution is 5.76. The van der Waals surface area contributed by atoms with E-state index in [9.17, 15) is 0 Å². The maximum atomic E-state index is 3.63. The van der Waals surface area contributed by atoms with E-state index >= 15 is 0 Å². The zero-order valence-corrected chi connectivity index (χ0v) is 15.7. The average Bonchev–Trinajstić information content (AvgIpc) is 2.72. The van der Waals surface area contributed by atoms with Crippen molar-refractivity contribution in [3.63, 3.8) is 0 Å². The van der Waals surface area contributed by atoms with E-state index in [-0.39, 0.29) is 0 Å². The number of hydrogen-bond donors (Lipinski definition) is 1. The van der Waals surface area contributed by atoms with Crippen molar-refractivity contribution in [3.8, 4) is 22.3 Å².